The summed E-state index contributed by atoms with van der Waals surface area (Å²) in [5.41, 5.74) is 5.10. The van der Waals surface area contributed by atoms with Gasteiger partial charge in [-0.15, -0.1) is 12.4 Å². The zero-order chi connectivity index (χ0) is 15.9. The summed E-state index contributed by atoms with van der Waals surface area (Å²) in [5, 5.41) is 0. The lowest BCUT2D eigenvalue weighted by atomic mass is 9.81. The zero-order valence-electron chi connectivity index (χ0n) is 13.5. The molecule has 1 atom stereocenters. The number of carbonyl (C=O) groups is 3. The van der Waals surface area contributed by atoms with Gasteiger partial charge in [0, 0.05) is 26.2 Å². The minimum absolute atomic E-state index is 0. The first-order valence-electron chi connectivity index (χ1n) is 8.09. The molecule has 1 spiro atoms. The monoisotopic (exact) mass is 344 g/mol. The molecular weight excluding hydrogens is 320 g/mol. The van der Waals surface area contributed by atoms with Gasteiger partial charge < -0.3 is 15.5 Å². The predicted octanol–water partition coefficient (Wildman–Crippen LogP) is 0.565. The lowest BCUT2D eigenvalue weighted by molar-refractivity contribution is -0.140. The number of amides is 4. The number of carbonyl (C=O) groups excluding carboxylic acids is 3. The smallest absolute Gasteiger partial charge is 0.327 e. The van der Waals surface area contributed by atoms with Gasteiger partial charge in [0.25, 0.3) is 5.91 Å². The van der Waals surface area contributed by atoms with Crippen molar-refractivity contribution in [3.8, 4) is 0 Å². The summed E-state index contributed by atoms with van der Waals surface area (Å²) < 4.78 is 0. The second-order valence-electron chi connectivity index (χ2n) is 6.71. The highest BCUT2D eigenvalue weighted by Crippen LogP contribution is 2.39. The number of halogens is 1. The summed E-state index contributed by atoms with van der Waals surface area (Å²) in [4.78, 5) is 41.9. The maximum absolute atomic E-state index is 12.8. The highest BCUT2D eigenvalue weighted by Gasteiger charge is 2.56. The van der Waals surface area contributed by atoms with E-state index in [9.17, 15) is 14.4 Å². The van der Waals surface area contributed by atoms with Crippen LogP contribution in [0, 0.1) is 0 Å². The van der Waals surface area contributed by atoms with Crippen LogP contribution in [0.4, 0.5) is 4.79 Å². The summed E-state index contributed by atoms with van der Waals surface area (Å²) in [6.07, 6.45) is 5.18. The van der Waals surface area contributed by atoms with E-state index >= 15 is 0 Å². The Hall–Kier alpha value is -1.34. The summed E-state index contributed by atoms with van der Waals surface area (Å²) in [5.74, 6) is -0.382. The SMILES string of the molecule is CN1C(=O)N(CC(=O)N2CC[C@@H](N)C2)C(=O)C12CCCCC2.Cl. The van der Waals surface area contributed by atoms with Crippen LogP contribution in [0.2, 0.25) is 0 Å². The third-order valence-electron chi connectivity index (χ3n) is 5.35. The van der Waals surface area contributed by atoms with Crippen LogP contribution in [0.1, 0.15) is 38.5 Å². The Bertz CT molecular complexity index is 507. The molecule has 2 heterocycles. The fraction of sp³-hybridized carbons (Fsp3) is 0.800. The van der Waals surface area contributed by atoms with Gasteiger partial charge in [-0.3, -0.25) is 14.5 Å². The fourth-order valence-electron chi connectivity index (χ4n) is 3.92. The fourth-order valence-corrected chi connectivity index (χ4v) is 3.92. The molecule has 3 fully saturated rings. The molecule has 8 heteroatoms. The number of nitrogens with zero attached hydrogens (tertiary/aromatic N) is 3. The van der Waals surface area contributed by atoms with Crippen LogP contribution < -0.4 is 5.73 Å². The van der Waals surface area contributed by atoms with E-state index in [0.29, 0.717) is 25.9 Å². The molecule has 0 aromatic rings. The van der Waals surface area contributed by atoms with Crippen molar-refractivity contribution in [2.24, 2.45) is 5.73 Å². The van der Waals surface area contributed by atoms with Crippen molar-refractivity contribution in [2.45, 2.75) is 50.1 Å². The van der Waals surface area contributed by atoms with E-state index in [1.165, 1.54) is 0 Å². The second kappa shape index (κ2) is 6.65. The lowest BCUT2D eigenvalue weighted by Gasteiger charge is -2.35. The highest BCUT2D eigenvalue weighted by atomic mass is 35.5. The van der Waals surface area contributed by atoms with Crippen LogP contribution >= 0.6 is 12.4 Å². The third-order valence-corrected chi connectivity index (χ3v) is 5.35. The summed E-state index contributed by atoms with van der Waals surface area (Å²) >= 11 is 0. The first-order valence-corrected chi connectivity index (χ1v) is 8.09. The molecule has 0 radical (unpaired) electrons. The molecule has 4 amide bonds. The number of hydrogen-bond acceptors (Lipinski definition) is 4. The van der Waals surface area contributed by atoms with Gasteiger partial charge in [-0.05, 0) is 19.3 Å². The van der Waals surface area contributed by atoms with E-state index in [2.05, 4.69) is 0 Å². The van der Waals surface area contributed by atoms with Gasteiger partial charge in [-0.2, -0.15) is 0 Å². The average molecular weight is 345 g/mol. The van der Waals surface area contributed by atoms with Crippen LogP contribution in [0.25, 0.3) is 0 Å². The number of likely N-dealkylation sites (N-methyl/N-ethyl adjacent to an activating group) is 1. The molecule has 7 nitrogen and oxygen atoms in total. The molecule has 2 saturated heterocycles. The maximum Gasteiger partial charge on any atom is 0.327 e. The molecule has 3 rings (SSSR count). The van der Waals surface area contributed by atoms with Crippen LogP contribution in [-0.2, 0) is 9.59 Å². The molecule has 0 aromatic carbocycles. The molecule has 2 N–H and O–H groups in total. The molecule has 1 aliphatic carbocycles. The summed E-state index contributed by atoms with van der Waals surface area (Å²) in [6.45, 7) is 0.962. The Labute approximate surface area is 142 Å². The molecular formula is C15H25ClN4O3. The van der Waals surface area contributed by atoms with Crippen molar-refractivity contribution in [1.29, 1.82) is 0 Å². The molecule has 23 heavy (non-hydrogen) atoms. The summed E-state index contributed by atoms with van der Waals surface area (Å²) in [7, 11) is 1.68. The van der Waals surface area contributed by atoms with Crippen LogP contribution in [0.3, 0.4) is 0 Å². The van der Waals surface area contributed by atoms with Gasteiger partial charge in [0.2, 0.25) is 5.91 Å². The molecule has 130 valence electrons. The minimum atomic E-state index is -0.711. The average Bonchev–Trinajstić information content (AvgIpc) is 3.02. The zero-order valence-corrected chi connectivity index (χ0v) is 14.3. The van der Waals surface area contributed by atoms with E-state index in [4.69, 9.17) is 5.73 Å². The first-order chi connectivity index (χ1) is 10.5. The topological polar surface area (TPSA) is 87.0 Å². The van der Waals surface area contributed by atoms with E-state index in [1.807, 2.05) is 0 Å². The summed E-state index contributed by atoms with van der Waals surface area (Å²) in [6, 6.07) is -0.343. The normalized spacial score (nSPS) is 26.9. The van der Waals surface area contributed by atoms with Crippen molar-refractivity contribution in [1.82, 2.24) is 14.7 Å². The van der Waals surface area contributed by atoms with Crippen LogP contribution in [0.15, 0.2) is 0 Å². The number of rotatable bonds is 2. The van der Waals surface area contributed by atoms with Gasteiger partial charge >= 0.3 is 6.03 Å². The Kier molecular flexibility index (Phi) is 5.20. The van der Waals surface area contributed by atoms with Crippen molar-refractivity contribution < 1.29 is 14.4 Å². The minimum Gasteiger partial charge on any atom is -0.340 e. The molecule has 2 aliphatic heterocycles. The quantitative estimate of drug-likeness (QED) is 0.742. The number of nitrogens with two attached hydrogens (primary N) is 1. The molecule has 0 bridgehead atoms. The van der Waals surface area contributed by atoms with Gasteiger partial charge in [0.1, 0.15) is 12.1 Å². The number of urea groups is 1. The largest absolute Gasteiger partial charge is 0.340 e. The van der Waals surface area contributed by atoms with Crippen molar-refractivity contribution >= 4 is 30.3 Å². The Balaban J connectivity index is 0.00000192. The van der Waals surface area contributed by atoms with Gasteiger partial charge in [-0.25, -0.2) is 4.79 Å². The van der Waals surface area contributed by atoms with E-state index in [1.54, 1.807) is 16.8 Å². The Morgan fingerprint density at radius 2 is 1.91 bits per heavy atom. The van der Waals surface area contributed by atoms with E-state index < -0.39 is 5.54 Å². The van der Waals surface area contributed by atoms with Crippen molar-refractivity contribution in [3.63, 3.8) is 0 Å². The molecule has 0 unspecified atom stereocenters. The van der Waals surface area contributed by atoms with Crippen LogP contribution in [0.5, 0.6) is 0 Å². The number of imide groups is 1. The Morgan fingerprint density at radius 1 is 1.26 bits per heavy atom. The van der Waals surface area contributed by atoms with Crippen LogP contribution in [-0.4, -0.2) is 70.8 Å². The Morgan fingerprint density at radius 3 is 2.48 bits per heavy atom. The molecule has 3 aliphatic rings. The number of hydrogen-bond donors (Lipinski definition) is 1. The standard InChI is InChI=1S/C15H24N4O3.ClH/c1-17-14(22)19(10-12(20)18-8-5-11(16)9-18)13(21)15(17)6-3-2-4-7-15;/h11H,2-10,16H2,1H3;1H/t11-;/m1./s1. The second-order valence-corrected chi connectivity index (χ2v) is 6.71. The van der Waals surface area contributed by atoms with Crippen molar-refractivity contribution in [2.75, 3.05) is 26.7 Å². The predicted molar refractivity (Wildman–Crippen MR) is 87.1 cm³/mol. The lowest BCUT2D eigenvalue weighted by Crippen LogP contribution is -2.49. The molecule has 1 saturated carbocycles. The van der Waals surface area contributed by atoms with Gasteiger partial charge in [-0.1, -0.05) is 19.3 Å². The van der Waals surface area contributed by atoms with E-state index in [-0.39, 0.29) is 42.8 Å². The first kappa shape index (κ1) is 18.0. The van der Waals surface area contributed by atoms with E-state index in [0.717, 1.165) is 30.6 Å². The third kappa shape index (κ3) is 2.92. The maximum atomic E-state index is 12.8. The van der Waals surface area contributed by atoms with Gasteiger partial charge in [0.05, 0.1) is 0 Å². The molecule has 0 aromatic heterocycles. The number of likely N-dealkylation sites (tertiary alicyclic amines) is 1. The highest BCUT2D eigenvalue weighted by molar-refractivity contribution is 6.08. The van der Waals surface area contributed by atoms with Gasteiger partial charge in [0.15, 0.2) is 0 Å². The van der Waals surface area contributed by atoms with Crippen molar-refractivity contribution in [3.05, 3.63) is 0 Å².